The molecule has 0 aromatic heterocycles. The van der Waals surface area contributed by atoms with E-state index < -0.39 is 12.2 Å². The van der Waals surface area contributed by atoms with E-state index in [1.54, 1.807) is 0 Å². The number of Topliss-reactive ketones (excluding diaryl/α,β-unsaturated/α-hetero) is 2. The molecule has 0 spiro atoms. The molecule has 0 amide bonds. The third-order valence-electron chi connectivity index (χ3n) is 2.37. The summed E-state index contributed by atoms with van der Waals surface area (Å²) in [6.45, 7) is 7.81. The number of hydrogen-bond donors (Lipinski definition) is 0. The predicted octanol–water partition coefficient (Wildman–Crippen LogP) is 2.14. The van der Waals surface area contributed by atoms with Crippen molar-refractivity contribution in [3.63, 3.8) is 0 Å². The molecule has 0 aliphatic rings. The third-order valence-corrected chi connectivity index (χ3v) is 2.37. The van der Waals surface area contributed by atoms with Crippen molar-refractivity contribution in [2.75, 3.05) is 13.2 Å². The van der Waals surface area contributed by atoms with Gasteiger partial charge in [-0.05, 0) is 26.7 Å². The number of hydrogen-bond acceptors (Lipinski definition) is 4. The first-order valence-electron chi connectivity index (χ1n) is 6.28. The van der Waals surface area contributed by atoms with E-state index in [0.29, 0.717) is 13.2 Å². The first kappa shape index (κ1) is 16.3. The summed E-state index contributed by atoms with van der Waals surface area (Å²) in [6.07, 6.45) is 1.16. The molecule has 4 heteroatoms. The molecule has 0 aromatic rings. The topological polar surface area (TPSA) is 52.6 Å². The lowest BCUT2D eigenvalue weighted by molar-refractivity contribution is -0.151. The predicted molar refractivity (Wildman–Crippen MR) is 66.0 cm³/mol. The van der Waals surface area contributed by atoms with E-state index in [2.05, 4.69) is 0 Å². The molecular weight excluding hydrogens is 220 g/mol. The quantitative estimate of drug-likeness (QED) is 0.552. The van der Waals surface area contributed by atoms with Gasteiger partial charge < -0.3 is 9.47 Å². The maximum atomic E-state index is 11.5. The Labute approximate surface area is 104 Å². The smallest absolute Gasteiger partial charge is 0.161 e. The van der Waals surface area contributed by atoms with E-state index in [-0.39, 0.29) is 11.6 Å². The lowest BCUT2D eigenvalue weighted by Gasteiger charge is -2.23. The van der Waals surface area contributed by atoms with Crippen LogP contribution in [0.25, 0.3) is 0 Å². The second kappa shape index (κ2) is 9.31. The minimum atomic E-state index is -0.760. The molecule has 0 radical (unpaired) electrons. The average molecular weight is 244 g/mol. The van der Waals surface area contributed by atoms with Crippen molar-refractivity contribution in [2.24, 2.45) is 0 Å². The molecule has 0 aromatic carbocycles. The van der Waals surface area contributed by atoms with Gasteiger partial charge in [0.1, 0.15) is 12.2 Å². The lowest BCUT2D eigenvalue weighted by Crippen LogP contribution is -2.42. The van der Waals surface area contributed by atoms with Crippen molar-refractivity contribution in [3.05, 3.63) is 0 Å². The average Bonchev–Trinajstić information content (AvgIpc) is 2.26. The van der Waals surface area contributed by atoms with E-state index >= 15 is 0 Å². The molecule has 0 aliphatic carbocycles. The number of ketones is 2. The monoisotopic (exact) mass is 244 g/mol. The molecular formula is C13H24O4. The summed E-state index contributed by atoms with van der Waals surface area (Å²) >= 11 is 0. The fourth-order valence-electron chi connectivity index (χ4n) is 1.44. The summed E-state index contributed by atoms with van der Waals surface area (Å²) in [5, 5.41) is 0. The SMILES string of the molecule is CCCCO[C@@H](C(C)=O)[C@H](OCCC)C(C)=O. The molecule has 0 aliphatic heterocycles. The van der Waals surface area contributed by atoms with Crippen LogP contribution in [0.2, 0.25) is 0 Å². The fraction of sp³-hybridized carbons (Fsp3) is 0.846. The Morgan fingerprint density at radius 2 is 1.35 bits per heavy atom. The van der Waals surface area contributed by atoms with Crippen molar-refractivity contribution in [1.82, 2.24) is 0 Å². The highest BCUT2D eigenvalue weighted by Gasteiger charge is 2.30. The van der Waals surface area contributed by atoms with Gasteiger partial charge in [0.05, 0.1) is 0 Å². The Kier molecular flexibility index (Phi) is 8.90. The van der Waals surface area contributed by atoms with Crippen molar-refractivity contribution >= 4 is 11.6 Å². The normalized spacial score (nSPS) is 14.4. The van der Waals surface area contributed by atoms with E-state index in [4.69, 9.17) is 9.47 Å². The Morgan fingerprint density at radius 3 is 1.71 bits per heavy atom. The van der Waals surface area contributed by atoms with Gasteiger partial charge in [-0.3, -0.25) is 9.59 Å². The molecule has 0 saturated heterocycles. The summed E-state index contributed by atoms with van der Waals surface area (Å²) in [5.41, 5.74) is 0. The van der Waals surface area contributed by atoms with Gasteiger partial charge in [-0.25, -0.2) is 0 Å². The van der Waals surface area contributed by atoms with Crippen LogP contribution < -0.4 is 0 Å². The highest BCUT2D eigenvalue weighted by molar-refractivity contribution is 5.90. The summed E-state index contributed by atoms with van der Waals surface area (Å²) in [5.74, 6) is -0.312. The molecule has 0 fully saturated rings. The first-order valence-corrected chi connectivity index (χ1v) is 6.28. The Balaban J connectivity index is 4.48. The number of carbonyl (C=O) groups excluding carboxylic acids is 2. The maximum Gasteiger partial charge on any atom is 0.161 e. The van der Waals surface area contributed by atoms with Crippen molar-refractivity contribution in [2.45, 2.75) is 59.2 Å². The second-order valence-electron chi connectivity index (χ2n) is 4.16. The first-order chi connectivity index (χ1) is 8.04. The number of unbranched alkanes of at least 4 members (excludes halogenated alkanes) is 1. The molecule has 17 heavy (non-hydrogen) atoms. The summed E-state index contributed by atoms with van der Waals surface area (Å²) in [4.78, 5) is 23.0. The summed E-state index contributed by atoms with van der Waals surface area (Å²) < 4.78 is 10.9. The number of carbonyl (C=O) groups is 2. The molecule has 0 saturated carbocycles. The Hall–Kier alpha value is -0.740. The van der Waals surface area contributed by atoms with E-state index in [1.807, 2.05) is 13.8 Å². The molecule has 0 heterocycles. The lowest BCUT2D eigenvalue weighted by atomic mass is 10.1. The molecule has 0 N–H and O–H groups in total. The van der Waals surface area contributed by atoms with Crippen LogP contribution in [0, 0.1) is 0 Å². The van der Waals surface area contributed by atoms with Gasteiger partial charge in [-0.2, -0.15) is 0 Å². The molecule has 0 unspecified atom stereocenters. The van der Waals surface area contributed by atoms with Crippen molar-refractivity contribution in [1.29, 1.82) is 0 Å². The minimum absolute atomic E-state index is 0.155. The van der Waals surface area contributed by atoms with Crippen molar-refractivity contribution < 1.29 is 19.1 Å². The Bertz CT molecular complexity index is 238. The van der Waals surface area contributed by atoms with Crippen LogP contribution in [0.15, 0.2) is 0 Å². The van der Waals surface area contributed by atoms with Gasteiger partial charge >= 0.3 is 0 Å². The van der Waals surface area contributed by atoms with E-state index in [0.717, 1.165) is 19.3 Å². The zero-order chi connectivity index (χ0) is 13.3. The standard InChI is InChI=1S/C13H24O4/c1-5-7-9-17-13(11(4)15)12(10(3)14)16-8-6-2/h12-13H,5-9H2,1-4H3/t12-,13+/m1/s1. The fourth-order valence-corrected chi connectivity index (χ4v) is 1.44. The van der Waals surface area contributed by atoms with Gasteiger partial charge in [-0.15, -0.1) is 0 Å². The molecule has 2 atom stereocenters. The van der Waals surface area contributed by atoms with Gasteiger partial charge in [0, 0.05) is 13.2 Å². The summed E-state index contributed by atoms with van der Waals surface area (Å²) in [6, 6.07) is 0. The van der Waals surface area contributed by atoms with Gasteiger partial charge in [0.2, 0.25) is 0 Å². The van der Waals surface area contributed by atoms with Crippen LogP contribution in [0.4, 0.5) is 0 Å². The number of rotatable bonds is 10. The van der Waals surface area contributed by atoms with Crippen LogP contribution in [0.3, 0.4) is 0 Å². The molecule has 4 nitrogen and oxygen atoms in total. The van der Waals surface area contributed by atoms with Crippen LogP contribution in [0.5, 0.6) is 0 Å². The van der Waals surface area contributed by atoms with Gasteiger partial charge in [0.25, 0.3) is 0 Å². The van der Waals surface area contributed by atoms with Gasteiger partial charge in [0.15, 0.2) is 11.6 Å². The zero-order valence-electron chi connectivity index (χ0n) is 11.3. The van der Waals surface area contributed by atoms with Gasteiger partial charge in [-0.1, -0.05) is 20.3 Å². The van der Waals surface area contributed by atoms with Crippen LogP contribution in [-0.2, 0) is 19.1 Å². The summed E-state index contributed by atoms with van der Waals surface area (Å²) in [7, 11) is 0. The second-order valence-corrected chi connectivity index (χ2v) is 4.16. The van der Waals surface area contributed by atoms with Crippen LogP contribution >= 0.6 is 0 Å². The van der Waals surface area contributed by atoms with E-state index in [1.165, 1.54) is 13.8 Å². The zero-order valence-corrected chi connectivity index (χ0v) is 11.3. The maximum absolute atomic E-state index is 11.5. The Morgan fingerprint density at radius 1 is 0.882 bits per heavy atom. The molecule has 0 bridgehead atoms. The molecule has 0 rings (SSSR count). The third kappa shape index (κ3) is 6.54. The van der Waals surface area contributed by atoms with Crippen molar-refractivity contribution in [3.8, 4) is 0 Å². The molecule has 100 valence electrons. The van der Waals surface area contributed by atoms with Crippen LogP contribution in [0.1, 0.15) is 47.0 Å². The highest BCUT2D eigenvalue weighted by Crippen LogP contribution is 2.09. The highest BCUT2D eigenvalue weighted by atomic mass is 16.5. The minimum Gasteiger partial charge on any atom is -0.367 e. The van der Waals surface area contributed by atoms with E-state index in [9.17, 15) is 9.59 Å². The number of ether oxygens (including phenoxy) is 2. The largest absolute Gasteiger partial charge is 0.367 e. The van der Waals surface area contributed by atoms with Crippen LogP contribution in [-0.4, -0.2) is 37.0 Å².